The number of ether oxygens (including phenoxy) is 1. The Morgan fingerprint density at radius 3 is 2.09 bits per heavy atom. The van der Waals surface area contributed by atoms with Gasteiger partial charge in [0.15, 0.2) is 11.5 Å². The van der Waals surface area contributed by atoms with Crippen LogP contribution in [0.5, 0.6) is 0 Å². The Kier molecular flexibility index (Phi) is 2.75. The first-order chi connectivity index (χ1) is 11.4. The van der Waals surface area contributed by atoms with Crippen molar-refractivity contribution in [3.05, 3.63) is 48.5 Å². The Hall–Kier alpha value is -2.66. The van der Waals surface area contributed by atoms with E-state index in [2.05, 4.69) is 39.6 Å². The molecule has 0 bridgehead atoms. The molecular formula is C18H16N4O. The van der Waals surface area contributed by atoms with Crippen molar-refractivity contribution in [2.75, 3.05) is 31.2 Å². The summed E-state index contributed by atoms with van der Waals surface area (Å²) in [6.07, 6.45) is 0. The number of para-hydroxylation sites is 4. The molecule has 114 valence electrons. The van der Waals surface area contributed by atoms with E-state index in [4.69, 9.17) is 14.7 Å². The Balaban J connectivity index is 1.92. The first kappa shape index (κ1) is 12.8. The number of anilines is 1. The van der Waals surface area contributed by atoms with Crippen molar-refractivity contribution in [2.45, 2.75) is 0 Å². The molecular weight excluding hydrogens is 288 g/mol. The molecule has 0 spiro atoms. The molecule has 1 fully saturated rings. The molecule has 4 aromatic rings. The van der Waals surface area contributed by atoms with Crippen molar-refractivity contribution < 1.29 is 4.74 Å². The van der Waals surface area contributed by atoms with Crippen molar-refractivity contribution >= 4 is 33.5 Å². The third-order valence-corrected chi connectivity index (χ3v) is 4.42. The van der Waals surface area contributed by atoms with E-state index in [0.717, 1.165) is 59.8 Å². The van der Waals surface area contributed by atoms with Crippen molar-refractivity contribution in [2.24, 2.45) is 0 Å². The van der Waals surface area contributed by atoms with E-state index in [-0.39, 0.29) is 0 Å². The van der Waals surface area contributed by atoms with Crippen LogP contribution in [-0.2, 0) is 4.74 Å². The Morgan fingerprint density at radius 2 is 1.39 bits per heavy atom. The summed E-state index contributed by atoms with van der Waals surface area (Å²) in [5.41, 5.74) is 5.13. The number of benzene rings is 2. The summed E-state index contributed by atoms with van der Waals surface area (Å²) >= 11 is 0. The van der Waals surface area contributed by atoms with Gasteiger partial charge in [-0.15, -0.1) is 0 Å². The minimum absolute atomic E-state index is 0.737. The van der Waals surface area contributed by atoms with Gasteiger partial charge in [0.2, 0.25) is 0 Å². The van der Waals surface area contributed by atoms with Gasteiger partial charge in [0, 0.05) is 13.1 Å². The molecule has 0 N–H and O–H groups in total. The van der Waals surface area contributed by atoms with E-state index in [1.54, 1.807) is 0 Å². The predicted octanol–water partition coefficient (Wildman–Crippen LogP) is 2.87. The summed E-state index contributed by atoms with van der Waals surface area (Å²) in [4.78, 5) is 12.0. The number of hydrogen-bond donors (Lipinski definition) is 0. The highest BCUT2D eigenvalue weighted by molar-refractivity contribution is 5.92. The quantitative estimate of drug-likeness (QED) is 0.542. The lowest BCUT2D eigenvalue weighted by Gasteiger charge is -2.28. The highest BCUT2D eigenvalue weighted by Crippen LogP contribution is 2.28. The SMILES string of the molecule is c1ccc2c(c1)nc(N1CCOCC1)c1nc3ccccc3n12. The third-order valence-electron chi connectivity index (χ3n) is 4.42. The molecule has 23 heavy (non-hydrogen) atoms. The van der Waals surface area contributed by atoms with Crippen LogP contribution in [0.3, 0.4) is 0 Å². The van der Waals surface area contributed by atoms with Gasteiger partial charge in [-0.25, -0.2) is 9.97 Å². The average molecular weight is 304 g/mol. The summed E-state index contributed by atoms with van der Waals surface area (Å²) in [5, 5.41) is 0. The molecule has 0 saturated carbocycles. The van der Waals surface area contributed by atoms with Gasteiger partial charge >= 0.3 is 0 Å². The minimum atomic E-state index is 0.737. The fourth-order valence-corrected chi connectivity index (χ4v) is 3.32. The molecule has 2 aromatic heterocycles. The second kappa shape index (κ2) is 4.93. The summed E-state index contributed by atoms with van der Waals surface area (Å²) < 4.78 is 7.71. The molecule has 0 aliphatic carbocycles. The Labute approximate surface area is 133 Å². The van der Waals surface area contributed by atoms with Crippen LogP contribution < -0.4 is 4.90 Å². The molecule has 5 nitrogen and oxygen atoms in total. The second-order valence-electron chi connectivity index (χ2n) is 5.78. The molecule has 2 aromatic carbocycles. The Morgan fingerprint density at radius 1 is 0.783 bits per heavy atom. The zero-order valence-corrected chi connectivity index (χ0v) is 12.6. The molecule has 5 heteroatoms. The lowest BCUT2D eigenvalue weighted by Crippen LogP contribution is -2.37. The number of hydrogen-bond acceptors (Lipinski definition) is 4. The first-order valence-electron chi connectivity index (χ1n) is 7.90. The number of aromatic nitrogens is 3. The van der Waals surface area contributed by atoms with Crippen molar-refractivity contribution in [1.29, 1.82) is 0 Å². The molecule has 1 aliphatic rings. The molecule has 0 unspecified atom stereocenters. The zero-order valence-electron chi connectivity index (χ0n) is 12.6. The van der Waals surface area contributed by atoms with Gasteiger partial charge in [0.25, 0.3) is 0 Å². The average Bonchev–Trinajstić information content (AvgIpc) is 3.01. The van der Waals surface area contributed by atoms with Gasteiger partial charge in [-0.3, -0.25) is 4.40 Å². The largest absolute Gasteiger partial charge is 0.378 e. The maximum absolute atomic E-state index is 5.48. The fourth-order valence-electron chi connectivity index (χ4n) is 3.32. The number of morpholine rings is 1. The van der Waals surface area contributed by atoms with Crippen molar-refractivity contribution in [1.82, 2.24) is 14.4 Å². The van der Waals surface area contributed by atoms with Gasteiger partial charge in [-0.1, -0.05) is 24.3 Å². The second-order valence-corrected chi connectivity index (χ2v) is 5.78. The summed E-state index contributed by atoms with van der Waals surface area (Å²) in [5.74, 6) is 0.947. The van der Waals surface area contributed by atoms with Crippen molar-refractivity contribution in [3.63, 3.8) is 0 Å². The molecule has 5 rings (SSSR count). The minimum Gasteiger partial charge on any atom is -0.378 e. The standard InChI is InChI=1S/C18H16N4O/c1-3-7-15-13(5-1)19-17(21-9-11-23-12-10-21)18-20-14-6-2-4-8-16(14)22(15)18/h1-8H,9-12H2. The normalized spacial score (nSPS) is 15.7. The van der Waals surface area contributed by atoms with Crippen LogP contribution in [0.4, 0.5) is 5.82 Å². The number of fused-ring (bicyclic) bond motifs is 5. The maximum atomic E-state index is 5.48. The summed E-state index contributed by atoms with van der Waals surface area (Å²) in [6.45, 7) is 3.18. The van der Waals surface area contributed by atoms with Crippen LogP contribution >= 0.6 is 0 Å². The van der Waals surface area contributed by atoms with Crippen LogP contribution in [0.1, 0.15) is 0 Å². The lowest BCUT2D eigenvalue weighted by atomic mass is 10.2. The van der Waals surface area contributed by atoms with Crippen LogP contribution in [0.25, 0.3) is 27.7 Å². The van der Waals surface area contributed by atoms with E-state index >= 15 is 0 Å². The predicted molar refractivity (Wildman–Crippen MR) is 91.0 cm³/mol. The smallest absolute Gasteiger partial charge is 0.181 e. The van der Waals surface area contributed by atoms with E-state index in [9.17, 15) is 0 Å². The van der Waals surface area contributed by atoms with Crippen LogP contribution in [-0.4, -0.2) is 40.7 Å². The van der Waals surface area contributed by atoms with Gasteiger partial charge < -0.3 is 9.64 Å². The molecule has 0 atom stereocenters. The zero-order chi connectivity index (χ0) is 15.2. The number of nitrogens with zero attached hydrogens (tertiary/aromatic N) is 4. The van der Waals surface area contributed by atoms with Crippen LogP contribution in [0, 0.1) is 0 Å². The number of imidazole rings is 1. The van der Waals surface area contributed by atoms with Gasteiger partial charge in [0.1, 0.15) is 0 Å². The summed E-state index contributed by atoms with van der Waals surface area (Å²) in [7, 11) is 0. The highest BCUT2D eigenvalue weighted by atomic mass is 16.5. The maximum Gasteiger partial charge on any atom is 0.181 e. The van der Waals surface area contributed by atoms with Gasteiger partial charge in [-0.2, -0.15) is 0 Å². The monoisotopic (exact) mass is 304 g/mol. The number of rotatable bonds is 1. The molecule has 1 saturated heterocycles. The third kappa shape index (κ3) is 1.90. The fraction of sp³-hybridized carbons (Fsp3) is 0.222. The molecule has 0 amide bonds. The van der Waals surface area contributed by atoms with Gasteiger partial charge in [0.05, 0.1) is 35.3 Å². The lowest BCUT2D eigenvalue weighted by molar-refractivity contribution is 0.122. The first-order valence-corrected chi connectivity index (χ1v) is 7.90. The molecule has 0 radical (unpaired) electrons. The van der Waals surface area contributed by atoms with Gasteiger partial charge in [-0.05, 0) is 24.3 Å². The van der Waals surface area contributed by atoms with E-state index < -0.39 is 0 Å². The van der Waals surface area contributed by atoms with Crippen molar-refractivity contribution in [3.8, 4) is 0 Å². The highest BCUT2D eigenvalue weighted by Gasteiger charge is 2.20. The van der Waals surface area contributed by atoms with E-state index in [0.29, 0.717) is 0 Å². The molecule has 3 heterocycles. The summed E-state index contributed by atoms with van der Waals surface area (Å²) in [6, 6.07) is 16.5. The Bertz CT molecular complexity index is 1020. The molecule has 1 aliphatic heterocycles. The van der Waals surface area contributed by atoms with Crippen LogP contribution in [0.2, 0.25) is 0 Å². The van der Waals surface area contributed by atoms with Crippen LogP contribution in [0.15, 0.2) is 48.5 Å². The van der Waals surface area contributed by atoms with E-state index in [1.165, 1.54) is 0 Å². The van der Waals surface area contributed by atoms with E-state index in [1.807, 2.05) is 18.2 Å². The topological polar surface area (TPSA) is 42.7 Å².